The summed E-state index contributed by atoms with van der Waals surface area (Å²) in [7, 11) is 0. The summed E-state index contributed by atoms with van der Waals surface area (Å²) in [5, 5.41) is 9.03. The third-order valence-electron chi connectivity index (χ3n) is 5.37. The lowest BCUT2D eigenvalue weighted by atomic mass is 9.90. The van der Waals surface area contributed by atoms with Crippen LogP contribution in [0.2, 0.25) is 5.02 Å². The Morgan fingerprint density at radius 1 is 0.808 bits per heavy atom. The molecule has 0 amide bonds. The third-order valence-corrected chi connectivity index (χ3v) is 5.65. The minimum Gasteiger partial charge on any atom is -0.454 e. The number of benzene rings is 4. The van der Waals surface area contributed by atoms with Crippen molar-refractivity contribution in [3.05, 3.63) is 82.9 Å². The first-order chi connectivity index (χ1) is 12.8. The molecular weight excluding hydrogens is 342 g/mol. The van der Waals surface area contributed by atoms with E-state index < -0.39 is 0 Å². The number of furan rings is 1. The molecule has 0 radical (unpaired) electrons. The zero-order chi connectivity index (χ0) is 17.3. The number of fused-ring (bicyclic) bond motifs is 8. The summed E-state index contributed by atoms with van der Waals surface area (Å²) >= 11 is 6.55. The molecule has 0 spiro atoms. The molecule has 4 aromatic carbocycles. The number of halogens is 1. The molecule has 0 aliphatic carbocycles. The van der Waals surface area contributed by atoms with Crippen molar-refractivity contribution < 1.29 is 4.42 Å². The van der Waals surface area contributed by atoms with E-state index in [4.69, 9.17) is 16.0 Å². The lowest BCUT2D eigenvalue weighted by Gasteiger charge is -2.24. The summed E-state index contributed by atoms with van der Waals surface area (Å²) in [5.41, 5.74) is 6.44. The maximum atomic E-state index is 6.55. The summed E-state index contributed by atoms with van der Waals surface area (Å²) in [4.78, 5) is 0. The normalized spacial score (nSPS) is 13.0. The fraction of sp³-hybridized carbons (Fsp3) is 0.0435. The highest BCUT2D eigenvalue weighted by Gasteiger charge is 2.23. The van der Waals surface area contributed by atoms with Gasteiger partial charge >= 0.3 is 0 Å². The van der Waals surface area contributed by atoms with Crippen molar-refractivity contribution in [3.63, 3.8) is 0 Å². The van der Waals surface area contributed by atoms with Crippen molar-refractivity contribution in [2.75, 3.05) is 5.32 Å². The summed E-state index contributed by atoms with van der Waals surface area (Å²) in [6.07, 6.45) is 0.857. The van der Waals surface area contributed by atoms with Gasteiger partial charge in [-0.25, -0.2) is 0 Å². The fourth-order valence-corrected chi connectivity index (χ4v) is 4.43. The first kappa shape index (κ1) is 14.2. The average molecular weight is 356 g/mol. The molecule has 124 valence electrons. The van der Waals surface area contributed by atoms with Crippen molar-refractivity contribution in [3.8, 4) is 0 Å². The van der Waals surface area contributed by atoms with Gasteiger partial charge in [-0.2, -0.15) is 0 Å². The van der Waals surface area contributed by atoms with Gasteiger partial charge in [-0.05, 0) is 40.1 Å². The van der Waals surface area contributed by atoms with Gasteiger partial charge < -0.3 is 9.73 Å². The van der Waals surface area contributed by atoms with Crippen molar-refractivity contribution in [2.24, 2.45) is 0 Å². The predicted molar refractivity (Wildman–Crippen MR) is 109 cm³/mol. The van der Waals surface area contributed by atoms with Gasteiger partial charge in [-0.1, -0.05) is 60.1 Å². The van der Waals surface area contributed by atoms with Crippen molar-refractivity contribution in [1.29, 1.82) is 0 Å². The molecule has 1 N–H and O–H groups in total. The fourth-order valence-electron chi connectivity index (χ4n) is 4.19. The third kappa shape index (κ3) is 1.82. The Morgan fingerprint density at radius 3 is 2.54 bits per heavy atom. The van der Waals surface area contributed by atoms with Gasteiger partial charge in [-0.15, -0.1) is 0 Å². The molecule has 0 saturated heterocycles. The van der Waals surface area contributed by atoms with Crippen LogP contribution in [-0.2, 0) is 6.42 Å². The molecule has 1 aromatic heterocycles. The van der Waals surface area contributed by atoms with Crippen LogP contribution in [0.15, 0.2) is 71.1 Å². The van der Waals surface area contributed by atoms with Gasteiger partial charge in [0.15, 0.2) is 5.58 Å². The van der Waals surface area contributed by atoms with Crippen molar-refractivity contribution in [2.45, 2.75) is 6.42 Å². The Morgan fingerprint density at radius 2 is 1.62 bits per heavy atom. The van der Waals surface area contributed by atoms with Crippen LogP contribution in [0.25, 0.3) is 32.7 Å². The minimum atomic E-state index is 0.645. The molecule has 0 saturated carbocycles. The highest BCUT2D eigenvalue weighted by molar-refractivity contribution is 6.36. The maximum Gasteiger partial charge on any atom is 0.154 e. The van der Waals surface area contributed by atoms with Crippen LogP contribution in [-0.4, -0.2) is 0 Å². The molecule has 0 fully saturated rings. The van der Waals surface area contributed by atoms with Gasteiger partial charge in [-0.3, -0.25) is 0 Å². The molecule has 2 nitrogen and oxygen atoms in total. The molecular formula is C23H14ClNO. The summed E-state index contributed by atoms with van der Waals surface area (Å²) in [5.74, 6) is 0. The number of para-hydroxylation sites is 1. The molecule has 6 rings (SSSR count). The second-order valence-corrected chi connectivity index (χ2v) is 7.21. The van der Waals surface area contributed by atoms with Crippen LogP contribution in [0.4, 0.5) is 11.4 Å². The van der Waals surface area contributed by atoms with Gasteiger partial charge in [0.25, 0.3) is 0 Å². The SMILES string of the molecule is Clc1cc2c(c3c1oc1ccccc13)Cc1c(ccc3ccccc13)N2. The van der Waals surface area contributed by atoms with E-state index in [1.54, 1.807) is 0 Å². The largest absolute Gasteiger partial charge is 0.454 e. The second-order valence-electron chi connectivity index (χ2n) is 6.80. The van der Waals surface area contributed by atoms with E-state index in [9.17, 15) is 0 Å². The standard InChI is InChI=1S/C23H14ClNO/c24-18-12-20-17(22-15-7-3-4-8-21(15)26-23(18)22)11-16-14-6-2-1-5-13(14)9-10-19(16)25-20/h1-10,12,25H,11H2. The van der Waals surface area contributed by atoms with Crippen LogP contribution >= 0.6 is 11.6 Å². The molecule has 3 heteroatoms. The minimum absolute atomic E-state index is 0.645. The molecule has 26 heavy (non-hydrogen) atoms. The van der Waals surface area contributed by atoms with E-state index in [0.29, 0.717) is 5.02 Å². The Bertz CT molecular complexity index is 1350. The van der Waals surface area contributed by atoms with E-state index >= 15 is 0 Å². The van der Waals surface area contributed by atoms with Crippen LogP contribution < -0.4 is 5.32 Å². The van der Waals surface area contributed by atoms with Gasteiger partial charge in [0.05, 0.1) is 5.02 Å². The van der Waals surface area contributed by atoms with Crippen LogP contribution in [0.3, 0.4) is 0 Å². The van der Waals surface area contributed by atoms with Crippen LogP contribution in [0, 0.1) is 0 Å². The Labute approximate surface area is 155 Å². The van der Waals surface area contributed by atoms with Crippen molar-refractivity contribution in [1.82, 2.24) is 0 Å². The first-order valence-corrected chi connectivity index (χ1v) is 9.08. The molecule has 0 atom stereocenters. The van der Waals surface area contributed by atoms with E-state index in [-0.39, 0.29) is 0 Å². The lowest BCUT2D eigenvalue weighted by molar-refractivity contribution is 0.669. The first-order valence-electron chi connectivity index (χ1n) is 8.70. The zero-order valence-corrected chi connectivity index (χ0v) is 14.6. The molecule has 2 heterocycles. The average Bonchev–Trinajstić information content (AvgIpc) is 3.07. The highest BCUT2D eigenvalue weighted by atomic mass is 35.5. The summed E-state index contributed by atoms with van der Waals surface area (Å²) in [6, 6.07) is 23.0. The van der Waals surface area contributed by atoms with E-state index in [1.165, 1.54) is 21.9 Å². The second kappa shape index (κ2) is 5.03. The number of hydrogen-bond acceptors (Lipinski definition) is 2. The molecule has 1 aliphatic heterocycles. The number of anilines is 2. The van der Waals surface area contributed by atoms with Crippen LogP contribution in [0.1, 0.15) is 11.1 Å². The Kier molecular flexibility index (Phi) is 2.75. The summed E-state index contributed by atoms with van der Waals surface area (Å²) in [6.45, 7) is 0. The number of rotatable bonds is 0. The van der Waals surface area contributed by atoms with Crippen LogP contribution in [0.5, 0.6) is 0 Å². The lowest BCUT2D eigenvalue weighted by Crippen LogP contribution is -2.08. The predicted octanol–water partition coefficient (Wildman–Crippen LogP) is 7.04. The molecule has 0 unspecified atom stereocenters. The number of nitrogens with one attached hydrogen (secondary N) is 1. The van der Waals surface area contributed by atoms with Gasteiger partial charge in [0.2, 0.25) is 0 Å². The summed E-state index contributed by atoms with van der Waals surface area (Å²) < 4.78 is 6.07. The monoisotopic (exact) mass is 355 g/mol. The molecule has 1 aliphatic rings. The maximum absolute atomic E-state index is 6.55. The van der Waals surface area contributed by atoms with Crippen molar-refractivity contribution >= 4 is 55.7 Å². The van der Waals surface area contributed by atoms with Gasteiger partial charge in [0, 0.05) is 28.6 Å². The van der Waals surface area contributed by atoms with Gasteiger partial charge in [0.1, 0.15) is 5.58 Å². The van der Waals surface area contributed by atoms with E-state index in [2.05, 4.69) is 47.8 Å². The van der Waals surface area contributed by atoms with E-state index in [0.717, 1.165) is 39.7 Å². The van der Waals surface area contributed by atoms with E-state index in [1.807, 2.05) is 24.3 Å². The highest BCUT2D eigenvalue weighted by Crippen LogP contribution is 2.45. The number of hydrogen-bond donors (Lipinski definition) is 1. The topological polar surface area (TPSA) is 25.2 Å². The Balaban J connectivity index is 1.71. The smallest absolute Gasteiger partial charge is 0.154 e. The zero-order valence-electron chi connectivity index (χ0n) is 13.8. The quantitative estimate of drug-likeness (QED) is 0.316. The Hall–Kier alpha value is -2.97. The molecule has 5 aromatic rings. The molecule has 0 bridgehead atoms.